The summed E-state index contributed by atoms with van der Waals surface area (Å²) in [4.78, 5) is 24.3. The lowest BCUT2D eigenvalue weighted by Gasteiger charge is -2.30. The molecule has 0 unspecified atom stereocenters. The Labute approximate surface area is 192 Å². The summed E-state index contributed by atoms with van der Waals surface area (Å²) >= 11 is 0. The molecule has 1 aliphatic rings. The van der Waals surface area contributed by atoms with Crippen LogP contribution in [0.2, 0.25) is 0 Å². The van der Waals surface area contributed by atoms with Crippen molar-refractivity contribution in [3.05, 3.63) is 59.2 Å². The van der Waals surface area contributed by atoms with Gasteiger partial charge in [-0.2, -0.15) is 0 Å². The van der Waals surface area contributed by atoms with E-state index in [2.05, 4.69) is 74.0 Å². The molecule has 3 amide bonds. The van der Waals surface area contributed by atoms with Crippen molar-refractivity contribution in [2.45, 2.75) is 77.6 Å². The number of carbonyl (C=O) groups excluding carboxylic acids is 2. The number of urea groups is 1. The number of rotatable bonds is 7. The molecule has 1 saturated carbocycles. The van der Waals surface area contributed by atoms with Crippen molar-refractivity contribution in [2.24, 2.45) is 0 Å². The first kappa shape index (κ1) is 23.8. The summed E-state index contributed by atoms with van der Waals surface area (Å²) in [6.07, 6.45) is 4.41. The molecular weight excluding hydrogens is 398 g/mol. The van der Waals surface area contributed by atoms with Crippen molar-refractivity contribution in [3.63, 3.8) is 0 Å². The van der Waals surface area contributed by atoms with Gasteiger partial charge in [-0.3, -0.25) is 4.79 Å². The fourth-order valence-electron chi connectivity index (χ4n) is 4.83. The van der Waals surface area contributed by atoms with E-state index in [1.54, 1.807) is 0 Å². The zero-order valence-corrected chi connectivity index (χ0v) is 20.0. The molecule has 1 aliphatic carbocycles. The van der Waals surface area contributed by atoms with Crippen molar-refractivity contribution >= 4 is 23.3 Å². The molecule has 0 bridgehead atoms. The SMILES string of the molecule is CC(=O)Nc1ccc(C2(CNC(=O)Nc3c(C(C)C)cccc3C(C)C)CCCC2)cc1. The summed E-state index contributed by atoms with van der Waals surface area (Å²) in [5.41, 5.74) is 5.22. The van der Waals surface area contributed by atoms with Gasteiger partial charge in [0, 0.05) is 30.3 Å². The highest BCUT2D eigenvalue weighted by Gasteiger charge is 2.36. The predicted molar refractivity (Wildman–Crippen MR) is 133 cm³/mol. The molecule has 32 heavy (non-hydrogen) atoms. The van der Waals surface area contributed by atoms with Gasteiger partial charge in [-0.15, -0.1) is 0 Å². The quantitative estimate of drug-likeness (QED) is 0.463. The number of hydrogen-bond donors (Lipinski definition) is 3. The second kappa shape index (κ2) is 10.2. The Balaban J connectivity index is 1.75. The van der Waals surface area contributed by atoms with Crippen molar-refractivity contribution in [3.8, 4) is 0 Å². The van der Waals surface area contributed by atoms with Gasteiger partial charge in [0.2, 0.25) is 5.91 Å². The number of benzene rings is 2. The molecule has 0 radical (unpaired) electrons. The van der Waals surface area contributed by atoms with Crippen LogP contribution in [0.1, 0.15) is 88.8 Å². The third-order valence-corrected chi connectivity index (χ3v) is 6.58. The molecule has 3 rings (SSSR count). The maximum atomic E-state index is 13.0. The predicted octanol–water partition coefficient (Wildman–Crippen LogP) is 6.53. The fourth-order valence-corrected chi connectivity index (χ4v) is 4.83. The van der Waals surface area contributed by atoms with Crippen LogP contribution < -0.4 is 16.0 Å². The Kier molecular flexibility index (Phi) is 7.60. The highest BCUT2D eigenvalue weighted by molar-refractivity contribution is 5.91. The molecule has 0 aromatic heterocycles. The van der Waals surface area contributed by atoms with Gasteiger partial charge in [-0.05, 0) is 53.5 Å². The minimum atomic E-state index is -0.152. The zero-order chi connectivity index (χ0) is 23.3. The maximum absolute atomic E-state index is 13.0. The van der Waals surface area contributed by atoms with Gasteiger partial charge in [-0.25, -0.2) is 4.79 Å². The summed E-state index contributed by atoms with van der Waals surface area (Å²) in [6.45, 7) is 10.7. The van der Waals surface area contributed by atoms with Crippen molar-refractivity contribution in [1.29, 1.82) is 0 Å². The Morgan fingerprint density at radius 2 is 1.44 bits per heavy atom. The van der Waals surface area contributed by atoms with Gasteiger partial charge in [0.05, 0.1) is 0 Å². The van der Waals surface area contributed by atoms with Gasteiger partial charge < -0.3 is 16.0 Å². The second-order valence-electron chi connectivity index (χ2n) is 9.67. The minimum absolute atomic E-state index is 0.0649. The molecule has 5 nitrogen and oxygen atoms in total. The fraction of sp³-hybridized carbons (Fsp3) is 0.481. The van der Waals surface area contributed by atoms with Gasteiger partial charge in [0.1, 0.15) is 0 Å². The molecule has 3 N–H and O–H groups in total. The van der Waals surface area contributed by atoms with Crippen LogP contribution in [0.15, 0.2) is 42.5 Å². The number of para-hydroxylation sites is 1. The van der Waals surface area contributed by atoms with Crippen LogP contribution in [0.3, 0.4) is 0 Å². The zero-order valence-electron chi connectivity index (χ0n) is 20.0. The van der Waals surface area contributed by atoms with E-state index in [4.69, 9.17) is 0 Å². The molecule has 1 fully saturated rings. The van der Waals surface area contributed by atoms with Gasteiger partial charge in [-0.1, -0.05) is 70.9 Å². The summed E-state index contributed by atoms with van der Waals surface area (Å²) in [5.74, 6) is 0.578. The van der Waals surface area contributed by atoms with Crippen LogP contribution >= 0.6 is 0 Å². The number of anilines is 2. The molecule has 0 spiro atoms. The van der Waals surface area contributed by atoms with Crippen molar-refractivity contribution in [1.82, 2.24) is 5.32 Å². The summed E-state index contributed by atoms with van der Waals surface area (Å²) in [7, 11) is 0. The first-order valence-corrected chi connectivity index (χ1v) is 11.8. The molecule has 2 aromatic carbocycles. The monoisotopic (exact) mass is 435 g/mol. The Morgan fingerprint density at radius 3 is 1.94 bits per heavy atom. The smallest absolute Gasteiger partial charge is 0.319 e. The van der Waals surface area contributed by atoms with Crippen LogP contribution in [0, 0.1) is 0 Å². The molecule has 172 valence electrons. The highest BCUT2D eigenvalue weighted by atomic mass is 16.2. The van der Waals surface area contributed by atoms with E-state index in [0.717, 1.165) is 48.2 Å². The number of hydrogen-bond acceptors (Lipinski definition) is 2. The van der Waals surface area contributed by atoms with Crippen LogP contribution in [-0.4, -0.2) is 18.5 Å². The number of amides is 3. The lowest BCUT2D eigenvalue weighted by molar-refractivity contribution is -0.114. The first-order valence-electron chi connectivity index (χ1n) is 11.8. The molecule has 5 heteroatoms. The Hall–Kier alpha value is -2.82. The second-order valence-corrected chi connectivity index (χ2v) is 9.67. The van der Waals surface area contributed by atoms with Crippen LogP contribution in [0.4, 0.5) is 16.2 Å². The van der Waals surface area contributed by atoms with E-state index in [1.807, 2.05) is 12.1 Å². The van der Waals surface area contributed by atoms with Crippen LogP contribution in [-0.2, 0) is 10.2 Å². The Morgan fingerprint density at radius 1 is 0.875 bits per heavy atom. The van der Waals surface area contributed by atoms with Crippen molar-refractivity contribution < 1.29 is 9.59 Å². The molecule has 0 aliphatic heterocycles. The number of carbonyl (C=O) groups is 2. The first-order chi connectivity index (χ1) is 15.2. The van der Waals surface area contributed by atoms with E-state index in [9.17, 15) is 9.59 Å². The number of nitrogens with one attached hydrogen (secondary N) is 3. The highest BCUT2D eigenvalue weighted by Crippen LogP contribution is 2.41. The van der Waals surface area contributed by atoms with Crippen LogP contribution in [0.5, 0.6) is 0 Å². The third kappa shape index (κ3) is 5.50. The molecular formula is C27H37N3O2. The van der Waals surface area contributed by atoms with E-state index in [-0.39, 0.29) is 17.4 Å². The standard InChI is InChI=1S/C27H37N3O2/c1-18(2)23-9-8-10-24(19(3)4)25(23)30-26(32)28-17-27(15-6-7-16-27)21-11-13-22(14-12-21)29-20(5)31/h8-14,18-19H,6-7,15-17H2,1-5H3,(H,29,31)(H2,28,30,32). The van der Waals surface area contributed by atoms with E-state index >= 15 is 0 Å². The Bertz CT molecular complexity index is 916. The largest absolute Gasteiger partial charge is 0.337 e. The van der Waals surface area contributed by atoms with E-state index < -0.39 is 0 Å². The normalized spacial score (nSPS) is 15.1. The van der Waals surface area contributed by atoms with E-state index in [0.29, 0.717) is 18.4 Å². The molecule has 2 aromatic rings. The third-order valence-electron chi connectivity index (χ3n) is 6.58. The van der Waals surface area contributed by atoms with Gasteiger partial charge in [0.15, 0.2) is 0 Å². The minimum Gasteiger partial charge on any atom is -0.337 e. The topological polar surface area (TPSA) is 70.2 Å². The molecule has 0 atom stereocenters. The van der Waals surface area contributed by atoms with Crippen molar-refractivity contribution in [2.75, 3.05) is 17.2 Å². The van der Waals surface area contributed by atoms with Gasteiger partial charge >= 0.3 is 6.03 Å². The van der Waals surface area contributed by atoms with Gasteiger partial charge in [0.25, 0.3) is 0 Å². The molecule has 0 saturated heterocycles. The lowest BCUT2D eigenvalue weighted by atomic mass is 9.78. The maximum Gasteiger partial charge on any atom is 0.319 e. The average Bonchev–Trinajstić information content (AvgIpc) is 3.22. The summed E-state index contributed by atoms with van der Waals surface area (Å²) in [6, 6.07) is 14.2. The molecule has 0 heterocycles. The summed E-state index contributed by atoms with van der Waals surface area (Å²) in [5, 5.41) is 9.16. The average molecular weight is 436 g/mol. The van der Waals surface area contributed by atoms with Crippen LogP contribution in [0.25, 0.3) is 0 Å². The lowest BCUT2D eigenvalue weighted by Crippen LogP contribution is -2.41. The van der Waals surface area contributed by atoms with E-state index in [1.165, 1.54) is 12.5 Å². The summed E-state index contributed by atoms with van der Waals surface area (Å²) < 4.78 is 0.